The summed E-state index contributed by atoms with van der Waals surface area (Å²) in [7, 11) is 0. The molecule has 0 spiro atoms. The van der Waals surface area contributed by atoms with Gasteiger partial charge in [0.1, 0.15) is 11.6 Å². The Hall–Kier alpha value is -2.67. The molecule has 1 aliphatic heterocycles. The second-order valence-electron chi connectivity index (χ2n) is 6.42. The number of aliphatic hydroxyl groups excluding tert-OH is 1. The van der Waals surface area contributed by atoms with Crippen LogP contribution in [0.3, 0.4) is 0 Å². The van der Waals surface area contributed by atoms with Crippen LogP contribution in [-0.4, -0.2) is 53.7 Å². The van der Waals surface area contributed by atoms with E-state index in [1.807, 2.05) is 31.3 Å². The Morgan fingerprint density at radius 2 is 2.04 bits per heavy atom. The van der Waals surface area contributed by atoms with E-state index in [0.29, 0.717) is 12.1 Å². The number of hydrogen-bond donors (Lipinski definition) is 2. The molecule has 3 rings (SSSR count). The normalized spacial score (nSPS) is 15.1. The Morgan fingerprint density at radius 1 is 1.22 bits per heavy atom. The minimum absolute atomic E-state index is 0.302. The van der Waals surface area contributed by atoms with E-state index in [2.05, 4.69) is 20.1 Å². The summed E-state index contributed by atoms with van der Waals surface area (Å²) in [6.45, 7) is 6.43. The molecule has 0 unspecified atom stereocenters. The monoisotopic (exact) mass is 371 g/mol. The molecular formula is C20H26FN5O. The molecule has 1 aliphatic rings. The van der Waals surface area contributed by atoms with Gasteiger partial charge in [-0.25, -0.2) is 14.4 Å². The molecule has 7 heteroatoms. The number of aliphatic imine (C=N–C) groups is 1. The third-order valence-electron chi connectivity index (χ3n) is 4.58. The van der Waals surface area contributed by atoms with Crippen molar-refractivity contribution in [1.82, 2.24) is 15.2 Å². The number of guanidine groups is 1. The number of nitrogens with zero attached hydrogens (tertiary/aromatic N) is 4. The van der Waals surface area contributed by atoms with Crippen LogP contribution in [-0.2, 0) is 13.2 Å². The van der Waals surface area contributed by atoms with Crippen molar-refractivity contribution in [1.29, 1.82) is 0 Å². The molecule has 0 bridgehead atoms. The summed E-state index contributed by atoms with van der Waals surface area (Å²) in [6, 6.07) is 10.7. The number of hydrogen-bond acceptors (Lipinski definition) is 4. The maximum atomic E-state index is 13.5. The molecule has 0 amide bonds. The highest BCUT2D eigenvalue weighted by Gasteiger charge is 2.20. The van der Waals surface area contributed by atoms with Crippen LogP contribution in [0.25, 0.3) is 0 Å². The molecule has 0 radical (unpaired) electrons. The number of aromatic nitrogens is 1. The Balaban J connectivity index is 1.64. The number of pyridine rings is 1. The second kappa shape index (κ2) is 9.32. The van der Waals surface area contributed by atoms with Crippen molar-refractivity contribution in [2.75, 3.05) is 37.6 Å². The highest BCUT2D eigenvalue weighted by Crippen LogP contribution is 2.14. The van der Waals surface area contributed by atoms with E-state index < -0.39 is 0 Å². The Labute approximate surface area is 159 Å². The Kier molecular flexibility index (Phi) is 6.59. The molecule has 144 valence electrons. The average Bonchev–Trinajstić information content (AvgIpc) is 2.73. The van der Waals surface area contributed by atoms with Crippen LogP contribution >= 0.6 is 0 Å². The molecule has 0 aliphatic carbocycles. The van der Waals surface area contributed by atoms with E-state index in [0.717, 1.165) is 50.1 Å². The van der Waals surface area contributed by atoms with Crippen molar-refractivity contribution >= 4 is 11.8 Å². The van der Waals surface area contributed by atoms with Gasteiger partial charge in [0.05, 0.1) is 13.2 Å². The predicted molar refractivity (Wildman–Crippen MR) is 105 cm³/mol. The molecule has 2 aromatic rings. The Bertz CT molecular complexity index is 760. The van der Waals surface area contributed by atoms with Crippen LogP contribution in [0.15, 0.2) is 47.6 Å². The molecule has 1 aromatic heterocycles. The molecule has 0 saturated carbocycles. The maximum Gasteiger partial charge on any atom is 0.194 e. The lowest BCUT2D eigenvalue weighted by atomic mass is 10.1. The Morgan fingerprint density at radius 3 is 2.70 bits per heavy atom. The minimum atomic E-state index is -0.386. The SMILES string of the molecule is CCNC(=NCc1ccc(F)c(CO)c1)N1CCN(c2ccccn2)CC1. The molecule has 1 saturated heterocycles. The van der Waals surface area contributed by atoms with Crippen molar-refractivity contribution in [3.05, 3.63) is 59.5 Å². The van der Waals surface area contributed by atoms with Gasteiger partial charge in [0.2, 0.25) is 0 Å². The van der Waals surface area contributed by atoms with E-state index in [1.165, 1.54) is 6.07 Å². The van der Waals surface area contributed by atoms with Crippen molar-refractivity contribution in [3.63, 3.8) is 0 Å². The fourth-order valence-electron chi connectivity index (χ4n) is 3.13. The second-order valence-corrected chi connectivity index (χ2v) is 6.42. The fourth-order valence-corrected chi connectivity index (χ4v) is 3.13. The van der Waals surface area contributed by atoms with Crippen LogP contribution in [0, 0.1) is 5.82 Å². The maximum absolute atomic E-state index is 13.5. The van der Waals surface area contributed by atoms with Crippen LogP contribution in [0.1, 0.15) is 18.1 Å². The number of piperazine rings is 1. The zero-order valence-electron chi connectivity index (χ0n) is 15.6. The van der Waals surface area contributed by atoms with E-state index in [-0.39, 0.29) is 12.4 Å². The van der Waals surface area contributed by atoms with Gasteiger partial charge < -0.3 is 20.2 Å². The molecule has 2 heterocycles. The summed E-state index contributed by atoms with van der Waals surface area (Å²) in [6.07, 6.45) is 1.82. The zero-order valence-corrected chi connectivity index (χ0v) is 15.6. The lowest BCUT2D eigenvalue weighted by molar-refractivity contribution is 0.275. The van der Waals surface area contributed by atoms with E-state index >= 15 is 0 Å². The van der Waals surface area contributed by atoms with Crippen molar-refractivity contribution in [2.45, 2.75) is 20.1 Å². The summed E-state index contributed by atoms with van der Waals surface area (Å²) >= 11 is 0. The first-order chi connectivity index (χ1) is 13.2. The first-order valence-corrected chi connectivity index (χ1v) is 9.28. The van der Waals surface area contributed by atoms with Crippen molar-refractivity contribution in [3.8, 4) is 0 Å². The number of anilines is 1. The highest BCUT2D eigenvalue weighted by atomic mass is 19.1. The predicted octanol–water partition coefficient (Wildman–Crippen LogP) is 2.00. The van der Waals surface area contributed by atoms with E-state index in [9.17, 15) is 9.50 Å². The van der Waals surface area contributed by atoms with Crippen LogP contribution in [0.2, 0.25) is 0 Å². The zero-order chi connectivity index (χ0) is 19.1. The number of aliphatic hydroxyl groups is 1. The van der Waals surface area contributed by atoms with E-state index in [4.69, 9.17) is 4.99 Å². The topological polar surface area (TPSA) is 64.0 Å². The molecule has 1 fully saturated rings. The summed E-state index contributed by atoms with van der Waals surface area (Å²) in [4.78, 5) is 13.6. The quantitative estimate of drug-likeness (QED) is 0.622. The molecular weight excluding hydrogens is 345 g/mol. The number of rotatable bonds is 5. The summed E-state index contributed by atoms with van der Waals surface area (Å²) in [5.74, 6) is 1.47. The lowest BCUT2D eigenvalue weighted by Crippen LogP contribution is -2.52. The van der Waals surface area contributed by atoms with Gasteiger partial charge in [0, 0.05) is 44.5 Å². The number of benzene rings is 1. The van der Waals surface area contributed by atoms with Gasteiger partial charge in [0.25, 0.3) is 0 Å². The molecule has 1 aromatic carbocycles. The largest absolute Gasteiger partial charge is 0.392 e. The van der Waals surface area contributed by atoms with Crippen LogP contribution < -0.4 is 10.2 Å². The summed E-state index contributed by atoms with van der Waals surface area (Å²) in [5.41, 5.74) is 1.18. The molecule has 6 nitrogen and oxygen atoms in total. The van der Waals surface area contributed by atoms with Crippen LogP contribution in [0.4, 0.5) is 10.2 Å². The van der Waals surface area contributed by atoms with Gasteiger partial charge in [-0.15, -0.1) is 0 Å². The van der Waals surface area contributed by atoms with Gasteiger partial charge >= 0.3 is 0 Å². The van der Waals surface area contributed by atoms with E-state index in [1.54, 1.807) is 12.1 Å². The summed E-state index contributed by atoms with van der Waals surface area (Å²) < 4.78 is 13.5. The van der Waals surface area contributed by atoms with Gasteiger partial charge in [-0.3, -0.25) is 0 Å². The van der Waals surface area contributed by atoms with Gasteiger partial charge in [-0.1, -0.05) is 12.1 Å². The summed E-state index contributed by atoms with van der Waals surface area (Å²) in [5, 5.41) is 12.6. The minimum Gasteiger partial charge on any atom is -0.392 e. The number of nitrogens with one attached hydrogen (secondary N) is 1. The van der Waals surface area contributed by atoms with Gasteiger partial charge in [0.15, 0.2) is 5.96 Å². The first kappa shape index (κ1) is 19.1. The van der Waals surface area contributed by atoms with Crippen molar-refractivity contribution in [2.24, 2.45) is 4.99 Å². The third kappa shape index (κ3) is 4.95. The molecule has 2 N–H and O–H groups in total. The standard InChI is InChI=1S/C20H26FN5O/c1-2-22-20(24-14-16-6-7-18(21)17(13-16)15-27)26-11-9-25(10-12-26)19-5-3-4-8-23-19/h3-8,13,27H,2,9-12,14-15H2,1H3,(H,22,24). The third-order valence-corrected chi connectivity index (χ3v) is 4.58. The smallest absolute Gasteiger partial charge is 0.194 e. The molecule has 0 atom stereocenters. The van der Waals surface area contributed by atoms with Gasteiger partial charge in [-0.2, -0.15) is 0 Å². The fraction of sp³-hybridized carbons (Fsp3) is 0.400. The average molecular weight is 371 g/mol. The highest BCUT2D eigenvalue weighted by molar-refractivity contribution is 5.80. The van der Waals surface area contributed by atoms with Gasteiger partial charge in [-0.05, 0) is 36.8 Å². The molecule has 27 heavy (non-hydrogen) atoms. The lowest BCUT2D eigenvalue weighted by Gasteiger charge is -2.37. The van der Waals surface area contributed by atoms with Crippen LogP contribution in [0.5, 0.6) is 0 Å². The number of halogens is 1. The van der Waals surface area contributed by atoms with Crippen molar-refractivity contribution < 1.29 is 9.50 Å². The first-order valence-electron chi connectivity index (χ1n) is 9.28.